The van der Waals surface area contributed by atoms with Crippen LogP contribution in [0.25, 0.3) is 11.5 Å². The Morgan fingerprint density at radius 3 is 2.64 bits per heavy atom. The summed E-state index contributed by atoms with van der Waals surface area (Å²) < 4.78 is 45.2. The van der Waals surface area contributed by atoms with E-state index >= 15 is 0 Å². The lowest BCUT2D eigenvalue weighted by Gasteiger charge is -2.18. The zero-order valence-electron chi connectivity index (χ0n) is 14.9. The number of ether oxygens (including phenoxy) is 1. The van der Waals surface area contributed by atoms with Crippen LogP contribution in [0.15, 0.2) is 48.8 Å². The molecule has 28 heavy (non-hydrogen) atoms. The van der Waals surface area contributed by atoms with Crippen molar-refractivity contribution in [3.05, 3.63) is 54.4 Å². The minimum Gasteiger partial charge on any atom is -0.496 e. The zero-order chi connectivity index (χ0) is 20.3. The maximum Gasteiger partial charge on any atom is 0.408 e. The molecule has 0 unspecified atom stereocenters. The molecule has 0 aliphatic carbocycles. The van der Waals surface area contributed by atoms with Crippen LogP contribution in [0.4, 0.5) is 19.0 Å². The summed E-state index contributed by atoms with van der Waals surface area (Å²) in [5.41, 5.74) is 0.442. The van der Waals surface area contributed by atoms with E-state index in [1.165, 1.54) is 19.2 Å². The molecule has 1 atom stereocenters. The van der Waals surface area contributed by atoms with Crippen molar-refractivity contribution in [2.75, 3.05) is 12.4 Å². The number of pyridine rings is 1. The van der Waals surface area contributed by atoms with Gasteiger partial charge in [-0.3, -0.25) is 4.79 Å². The normalized spacial score (nSPS) is 12.5. The van der Waals surface area contributed by atoms with Crippen molar-refractivity contribution in [2.24, 2.45) is 0 Å². The number of rotatable bonds is 5. The fourth-order valence-corrected chi connectivity index (χ4v) is 2.51. The summed E-state index contributed by atoms with van der Waals surface area (Å²) in [6.45, 7) is 1.00. The van der Waals surface area contributed by atoms with Gasteiger partial charge < -0.3 is 14.6 Å². The molecule has 0 saturated heterocycles. The molecule has 3 aromatic rings. The molecule has 2 aromatic heterocycles. The van der Waals surface area contributed by atoms with Gasteiger partial charge in [0.15, 0.2) is 5.82 Å². The van der Waals surface area contributed by atoms with E-state index in [0.29, 0.717) is 11.3 Å². The Labute approximate surface area is 158 Å². The molecule has 0 radical (unpaired) electrons. The number of halogens is 3. The lowest BCUT2D eigenvalue weighted by atomic mass is 10.2. The highest BCUT2D eigenvalue weighted by atomic mass is 19.4. The van der Waals surface area contributed by atoms with Gasteiger partial charge in [-0.25, -0.2) is 4.98 Å². The Bertz CT molecular complexity index is 987. The van der Waals surface area contributed by atoms with Crippen LogP contribution in [-0.2, 0) is 0 Å². The molecule has 0 saturated carbocycles. The largest absolute Gasteiger partial charge is 0.496 e. The monoisotopic (exact) mass is 391 g/mol. The number of hydrogen-bond donors (Lipinski definition) is 1. The van der Waals surface area contributed by atoms with Gasteiger partial charge in [-0.1, -0.05) is 18.2 Å². The summed E-state index contributed by atoms with van der Waals surface area (Å²) in [5.74, 6) is 0.0166. The Kier molecular flexibility index (Phi) is 5.30. The summed E-state index contributed by atoms with van der Waals surface area (Å²) in [7, 11) is 1.44. The Balaban J connectivity index is 1.88. The van der Waals surface area contributed by atoms with Gasteiger partial charge in [-0.2, -0.15) is 13.2 Å². The van der Waals surface area contributed by atoms with Crippen LogP contribution < -0.4 is 10.1 Å². The minimum atomic E-state index is -4.47. The fraction of sp³-hybridized carbons (Fsp3) is 0.222. The van der Waals surface area contributed by atoms with Crippen LogP contribution >= 0.6 is 0 Å². The highest BCUT2D eigenvalue weighted by Gasteiger charge is 2.38. The third-order valence-electron chi connectivity index (χ3n) is 4.04. The first-order chi connectivity index (χ1) is 13.3. The van der Waals surface area contributed by atoms with E-state index in [0.717, 1.165) is 17.8 Å². The Morgan fingerprint density at radius 2 is 1.93 bits per heavy atom. The highest BCUT2D eigenvalue weighted by molar-refractivity contribution is 6.05. The van der Waals surface area contributed by atoms with Gasteiger partial charge in [-0.15, -0.1) is 10.2 Å². The first-order valence-corrected chi connectivity index (χ1v) is 8.19. The third-order valence-corrected chi connectivity index (χ3v) is 4.04. The number of nitrogens with zero attached hydrogens (tertiary/aromatic N) is 4. The zero-order valence-corrected chi connectivity index (χ0v) is 14.9. The molecule has 3 rings (SSSR count). The van der Waals surface area contributed by atoms with Crippen LogP contribution in [0, 0.1) is 0 Å². The summed E-state index contributed by atoms with van der Waals surface area (Å²) in [4.78, 5) is 16.7. The number of nitrogens with one attached hydrogen (secondary N) is 1. The third kappa shape index (κ3) is 3.95. The van der Waals surface area contributed by atoms with Crippen molar-refractivity contribution < 1.29 is 22.7 Å². The number of alkyl halides is 3. The van der Waals surface area contributed by atoms with Crippen LogP contribution in [-0.4, -0.2) is 38.9 Å². The van der Waals surface area contributed by atoms with E-state index in [2.05, 4.69) is 20.5 Å². The molecule has 0 fully saturated rings. The summed E-state index contributed by atoms with van der Waals surface area (Å²) in [6.07, 6.45) is -3.47. The number of para-hydroxylation sites is 1. The first-order valence-electron chi connectivity index (χ1n) is 8.19. The van der Waals surface area contributed by atoms with Gasteiger partial charge in [0.1, 0.15) is 29.6 Å². The second-order valence-electron chi connectivity index (χ2n) is 5.84. The fourth-order valence-electron chi connectivity index (χ4n) is 2.51. The van der Waals surface area contributed by atoms with Crippen LogP contribution in [0.3, 0.4) is 0 Å². The van der Waals surface area contributed by atoms with Crippen LogP contribution in [0.5, 0.6) is 5.75 Å². The number of anilines is 1. The molecule has 0 spiro atoms. The number of amides is 1. The molecule has 10 heteroatoms. The van der Waals surface area contributed by atoms with Crippen molar-refractivity contribution in [3.63, 3.8) is 0 Å². The molecular formula is C18H16F3N5O2. The van der Waals surface area contributed by atoms with Crippen molar-refractivity contribution in [3.8, 4) is 17.3 Å². The quantitative estimate of drug-likeness (QED) is 0.717. The molecule has 0 aliphatic heterocycles. The molecule has 0 aliphatic rings. The highest BCUT2D eigenvalue weighted by Crippen LogP contribution is 2.32. The molecule has 7 nitrogen and oxygen atoms in total. The Hall–Kier alpha value is -3.43. The average molecular weight is 391 g/mol. The van der Waals surface area contributed by atoms with Crippen molar-refractivity contribution in [2.45, 2.75) is 19.1 Å². The summed E-state index contributed by atoms with van der Waals surface area (Å²) in [5, 5.41) is 9.91. The maximum absolute atomic E-state index is 13.1. The Morgan fingerprint density at radius 1 is 1.18 bits per heavy atom. The van der Waals surface area contributed by atoms with Crippen LogP contribution in [0.1, 0.15) is 23.3 Å². The van der Waals surface area contributed by atoms with Gasteiger partial charge in [-0.05, 0) is 31.2 Å². The second kappa shape index (κ2) is 7.67. The van der Waals surface area contributed by atoms with Crippen molar-refractivity contribution in [1.29, 1.82) is 0 Å². The standard InChI is InChI=1S/C18H16F3N5O2/c1-11(18(19,20)21)26-10-22-25-16(26)13-7-5-9-15(23-13)24-17(27)12-6-3-4-8-14(12)28-2/h3-11H,1-2H3,(H,23,24,27)/t11-/m0/s1. The number of hydrogen-bond acceptors (Lipinski definition) is 5. The van der Waals surface area contributed by atoms with Gasteiger partial charge in [0.25, 0.3) is 5.91 Å². The average Bonchev–Trinajstić information content (AvgIpc) is 3.16. The smallest absolute Gasteiger partial charge is 0.408 e. The van der Waals surface area contributed by atoms with E-state index in [1.54, 1.807) is 30.3 Å². The molecule has 1 amide bonds. The van der Waals surface area contributed by atoms with Crippen LogP contribution in [0.2, 0.25) is 0 Å². The molecule has 1 aromatic carbocycles. The number of methoxy groups -OCH3 is 1. The van der Waals surface area contributed by atoms with E-state index < -0.39 is 18.1 Å². The van der Waals surface area contributed by atoms with E-state index in [-0.39, 0.29) is 17.3 Å². The predicted molar refractivity (Wildman–Crippen MR) is 95.0 cm³/mol. The topological polar surface area (TPSA) is 81.9 Å². The van der Waals surface area contributed by atoms with E-state index in [4.69, 9.17) is 4.74 Å². The molecule has 2 heterocycles. The van der Waals surface area contributed by atoms with Gasteiger partial charge in [0.2, 0.25) is 0 Å². The molecule has 1 N–H and O–H groups in total. The minimum absolute atomic E-state index is 0.0572. The lowest BCUT2D eigenvalue weighted by molar-refractivity contribution is -0.162. The second-order valence-corrected chi connectivity index (χ2v) is 5.84. The van der Waals surface area contributed by atoms with Crippen molar-refractivity contribution in [1.82, 2.24) is 19.7 Å². The number of benzene rings is 1. The molecular weight excluding hydrogens is 375 g/mol. The maximum atomic E-state index is 13.1. The number of carbonyl (C=O) groups is 1. The number of carbonyl (C=O) groups excluding carboxylic acids is 1. The molecule has 0 bridgehead atoms. The SMILES string of the molecule is COc1ccccc1C(=O)Nc1cccc(-c2nncn2[C@@H](C)C(F)(F)F)n1. The molecule has 146 valence electrons. The van der Waals surface area contributed by atoms with Crippen molar-refractivity contribution >= 4 is 11.7 Å². The van der Waals surface area contributed by atoms with E-state index in [1.807, 2.05) is 0 Å². The van der Waals surface area contributed by atoms with Gasteiger partial charge in [0.05, 0.1) is 12.7 Å². The van der Waals surface area contributed by atoms with E-state index in [9.17, 15) is 18.0 Å². The first kappa shape index (κ1) is 19.3. The van der Waals surface area contributed by atoms with Gasteiger partial charge >= 0.3 is 6.18 Å². The predicted octanol–water partition coefficient (Wildman–Crippen LogP) is 3.72. The lowest BCUT2D eigenvalue weighted by Crippen LogP contribution is -2.24. The number of aromatic nitrogens is 4. The summed E-state index contributed by atoms with van der Waals surface area (Å²) in [6, 6.07) is 9.36. The summed E-state index contributed by atoms with van der Waals surface area (Å²) >= 11 is 0. The van der Waals surface area contributed by atoms with Gasteiger partial charge in [0, 0.05) is 0 Å².